The Labute approximate surface area is 98.6 Å². The summed E-state index contributed by atoms with van der Waals surface area (Å²) in [6.07, 6.45) is -5.01. The second kappa shape index (κ2) is 4.84. The molecule has 0 aliphatic heterocycles. The first-order valence-electron chi connectivity index (χ1n) is 4.38. The summed E-state index contributed by atoms with van der Waals surface area (Å²) in [6, 6.07) is 1.27. The van der Waals surface area contributed by atoms with Crippen LogP contribution in [0.15, 0.2) is 10.5 Å². The van der Waals surface area contributed by atoms with E-state index < -0.39 is 18.6 Å². The Bertz CT molecular complexity index is 315. The van der Waals surface area contributed by atoms with Gasteiger partial charge in [0.15, 0.2) is 0 Å². The predicted molar refractivity (Wildman–Crippen MR) is 59.0 cm³/mol. The van der Waals surface area contributed by atoms with Crippen molar-refractivity contribution in [1.82, 2.24) is 0 Å². The molecule has 0 aliphatic carbocycles. The van der Waals surface area contributed by atoms with Crippen molar-refractivity contribution < 1.29 is 13.2 Å². The van der Waals surface area contributed by atoms with E-state index in [0.29, 0.717) is 0 Å². The summed E-state index contributed by atoms with van der Waals surface area (Å²) in [5.41, 5.74) is 5.67. The first-order valence-corrected chi connectivity index (χ1v) is 5.98. The third-order valence-electron chi connectivity index (χ3n) is 1.98. The van der Waals surface area contributed by atoms with Gasteiger partial charge in [-0.1, -0.05) is 0 Å². The lowest BCUT2D eigenvalue weighted by Gasteiger charge is -2.11. The minimum atomic E-state index is -4.12. The maximum atomic E-state index is 12.0. The van der Waals surface area contributed by atoms with E-state index in [9.17, 15) is 13.2 Å². The number of hydrogen-bond acceptors (Lipinski definition) is 2. The maximum Gasteiger partial charge on any atom is 0.389 e. The van der Waals surface area contributed by atoms with Crippen LogP contribution in [0.5, 0.6) is 0 Å². The van der Waals surface area contributed by atoms with Gasteiger partial charge in [0.05, 0.1) is 0 Å². The van der Waals surface area contributed by atoms with E-state index in [-0.39, 0.29) is 6.42 Å². The van der Waals surface area contributed by atoms with Gasteiger partial charge in [-0.2, -0.15) is 13.2 Å². The zero-order chi connectivity index (χ0) is 11.6. The monoisotopic (exact) mass is 301 g/mol. The van der Waals surface area contributed by atoms with Crippen LogP contribution >= 0.6 is 27.3 Å². The lowest BCUT2D eigenvalue weighted by atomic mass is 10.1. The van der Waals surface area contributed by atoms with Crippen molar-refractivity contribution in [2.45, 2.75) is 32.0 Å². The van der Waals surface area contributed by atoms with Gasteiger partial charge >= 0.3 is 6.18 Å². The zero-order valence-electron chi connectivity index (χ0n) is 8.07. The molecule has 0 fully saturated rings. The summed E-state index contributed by atoms with van der Waals surface area (Å²) in [5, 5.41) is 0. The molecule has 0 saturated heterocycles. The SMILES string of the molecule is Cc1sc(C(N)CCC(F)(F)F)cc1Br. The van der Waals surface area contributed by atoms with Crippen LogP contribution in [0.25, 0.3) is 0 Å². The number of halogens is 4. The zero-order valence-corrected chi connectivity index (χ0v) is 10.5. The van der Waals surface area contributed by atoms with E-state index in [1.54, 1.807) is 6.07 Å². The molecule has 1 aromatic heterocycles. The molecule has 0 bridgehead atoms. The summed E-state index contributed by atoms with van der Waals surface area (Å²) in [6.45, 7) is 1.90. The summed E-state index contributed by atoms with van der Waals surface area (Å²) in [7, 11) is 0. The fraction of sp³-hybridized carbons (Fsp3) is 0.556. The largest absolute Gasteiger partial charge is 0.389 e. The van der Waals surface area contributed by atoms with E-state index in [1.165, 1.54) is 11.3 Å². The highest BCUT2D eigenvalue weighted by atomic mass is 79.9. The van der Waals surface area contributed by atoms with Gasteiger partial charge < -0.3 is 5.73 Å². The predicted octanol–water partition coefficient (Wildman–Crippen LogP) is 4.16. The van der Waals surface area contributed by atoms with E-state index in [1.807, 2.05) is 6.92 Å². The van der Waals surface area contributed by atoms with Crippen LogP contribution in [0, 0.1) is 6.92 Å². The Kier molecular flexibility index (Phi) is 4.20. The lowest BCUT2D eigenvalue weighted by molar-refractivity contribution is -0.136. The molecule has 0 amide bonds. The van der Waals surface area contributed by atoms with Crippen molar-refractivity contribution in [2.24, 2.45) is 5.73 Å². The van der Waals surface area contributed by atoms with Crippen molar-refractivity contribution >= 4 is 27.3 Å². The summed E-state index contributed by atoms with van der Waals surface area (Å²) < 4.78 is 36.8. The van der Waals surface area contributed by atoms with Crippen LogP contribution in [0.1, 0.15) is 28.6 Å². The molecule has 6 heteroatoms. The van der Waals surface area contributed by atoms with Crippen molar-refractivity contribution in [3.05, 3.63) is 20.3 Å². The van der Waals surface area contributed by atoms with E-state index >= 15 is 0 Å². The van der Waals surface area contributed by atoms with E-state index in [4.69, 9.17) is 5.73 Å². The molecular formula is C9H11BrF3NS. The molecule has 1 rings (SSSR count). The normalized spacial score (nSPS) is 14.3. The Morgan fingerprint density at radius 2 is 2.13 bits per heavy atom. The molecule has 15 heavy (non-hydrogen) atoms. The third-order valence-corrected chi connectivity index (χ3v) is 4.25. The second-order valence-electron chi connectivity index (χ2n) is 3.31. The lowest BCUT2D eigenvalue weighted by Crippen LogP contribution is -2.14. The van der Waals surface area contributed by atoms with Gasteiger partial charge in [0, 0.05) is 26.7 Å². The van der Waals surface area contributed by atoms with E-state index in [0.717, 1.165) is 14.2 Å². The van der Waals surface area contributed by atoms with Crippen molar-refractivity contribution in [1.29, 1.82) is 0 Å². The molecule has 0 aromatic carbocycles. The molecule has 1 unspecified atom stereocenters. The van der Waals surface area contributed by atoms with E-state index in [2.05, 4.69) is 15.9 Å². The molecule has 2 N–H and O–H groups in total. The number of alkyl halides is 3. The van der Waals surface area contributed by atoms with Crippen molar-refractivity contribution in [2.75, 3.05) is 0 Å². The van der Waals surface area contributed by atoms with Gasteiger partial charge in [-0.05, 0) is 35.3 Å². The highest BCUT2D eigenvalue weighted by Gasteiger charge is 2.28. The third kappa shape index (κ3) is 4.12. The summed E-state index contributed by atoms with van der Waals surface area (Å²) >= 11 is 4.74. The Morgan fingerprint density at radius 3 is 2.53 bits per heavy atom. The summed E-state index contributed by atoms with van der Waals surface area (Å²) in [4.78, 5) is 1.83. The molecule has 1 heterocycles. The highest BCUT2D eigenvalue weighted by molar-refractivity contribution is 9.10. The highest BCUT2D eigenvalue weighted by Crippen LogP contribution is 2.33. The molecular weight excluding hydrogens is 291 g/mol. The molecule has 0 radical (unpaired) electrons. The van der Waals surface area contributed by atoms with Crippen molar-refractivity contribution in [3.63, 3.8) is 0 Å². The van der Waals surface area contributed by atoms with Crippen LogP contribution in [-0.2, 0) is 0 Å². The number of thiophene rings is 1. The van der Waals surface area contributed by atoms with Gasteiger partial charge in [0.2, 0.25) is 0 Å². The summed E-state index contributed by atoms with van der Waals surface area (Å²) in [5.74, 6) is 0. The molecule has 0 aliphatic rings. The topological polar surface area (TPSA) is 26.0 Å². The minimum Gasteiger partial charge on any atom is -0.323 e. The maximum absolute atomic E-state index is 12.0. The molecule has 0 saturated carbocycles. The van der Waals surface area contributed by atoms with Gasteiger partial charge in [0.1, 0.15) is 0 Å². The first-order chi connectivity index (χ1) is 6.79. The number of rotatable bonds is 3. The fourth-order valence-electron chi connectivity index (χ4n) is 1.13. The van der Waals surface area contributed by atoms with Gasteiger partial charge in [0.25, 0.3) is 0 Å². The van der Waals surface area contributed by atoms with Gasteiger partial charge in [-0.25, -0.2) is 0 Å². The van der Waals surface area contributed by atoms with Crippen LogP contribution in [0.4, 0.5) is 13.2 Å². The average molecular weight is 302 g/mol. The number of aryl methyl sites for hydroxylation is 1. The molecule has 1 aromatic rings. The number of nitrogens with two attached hydrogens (primary N) is 1. The van der Waals surface area contributed by atoms with Crippen LogP contribution in [0.2, 0.25) is 0 Å². The molecule has 1 atom stereocenters. The second-order valence-corrected chi connectivity index (χ2v) is 5.46. The number of hydrogen-bond donors (Lipinski definition) is 1. The van der Waals surface area contributed by atoms with Crippen LogP contribution in [-0.4, -0.2) is 6.18 Å². The quantitative estimate of drug-likeness (QED) is 0.891. The van der Waals surface area contributed by atoms with Gasteiger partial charge in [-0.15, -0.1) is 11.3 Å². The average Bonchev–Trinajstić information content (AvgIpc) is 2.42. The molecule has 1 nitrogen and oxygen atoms in total. The molecule has 86 valence electrons. The fourth-order valence-corrected chi connectivity index (χ4v) is 2.72. The Balaban J connectivity index is 2.58. The van der Waals surface area contributed by atoms with Crippen LogP contribution in [0.3, 0.4) is 0 Å². The van der Waals surface area contributed by atoms with Crippen molar-refractivity contribution in [3.8, 4) is 0 Å². The minimum absolute atomic E-state index is 0.0596. The Hall–Kier alpha value is -0.0700. The Morgan fingerprint density at radius 1 is 1.53 bits per heavy atom. The van der Waals surface area contributed by atoms with Crippen LogP contribution < -0.4 is 5.73 Å². The van der Waals surface area contributed by atoms with Gasteiger partial charge in [-0.3, -0.25) is 0 Å². The smallest absolute Gasteiger partial charge is 0.323 e. The first kappa shape index (κ1) is 13.0. The molecule has 0 spiro atoms. The standard InChI is InChI=1S/C9H11BrF3NS/c1-5-6(10)4-8(15-5)7(14)2-3-9(11,12)13/h4,7H,2-3,14H2,1H3.